The minimum absolute atomic E-state index is 0.0553. The van der Waals surface area contributed by atoms with Crippen molar-refractivity contribution in [2.24, 2.45) is 16.8 Å². The highest BCUT2D eigenvalue weighted by Gasteiger charge is 2.18. The Morgan fingerprint density at radius 3 is 2.76 bits per heavy atom. The van der Waals surface area contributed by atoms with E-state index < -0.39 is 0 Å². The molecular weight excluding hydrogens is 376 g/mol. The number of fused-ring (bicyclic) bond motifs is 1. The average Bonchev–Trinajstić information content (AvgIpc) is 3.06. The molecule has 0 fully saturated rings. The Kier molecular flexibility index (Phi) is 6.22. The molecule has 0 unspecified atom stereocenters. The summed E-state index contributed by atoms with van der Waals surface area (Å²) in [7, 11) is 3.05. The minimum atomic E-state index is -0.297. The van der Waals surface area contributed by atoms with E-state index in [9.17, 15) is 4.79 Å². The van der Waals surface area contributed by atoms with Crippen LogP contribution in [0.25, 0.3) is 11.0 Å². The number of imidazole rings is 1. The number of para-hydroxylation sites is 2. The quantitative estimate of drug-likeness (QED) is 0.235. The van der Waals surface area contributed by atoms with E-state index in [1.54, 1.807) is 29.8 Å². The highest BCUT2D eigenvalue weighted by atomic mass is 16.5. The first-order chi connectivity index (χ1) is 14.0. The number of hydrogen-bond donors (Lipinski definition) is 3. The van der Waals surface area contributed by atoms with E-state index in [2.05, 4.69) is 20.4 Å². The van der Waals surface area contributed by atoms with Gasteiger partial charge in [0, 0.05) is 14.2 Å². The number of amides is 1. The number of aromatic nitrogens is 3. The first-order valence-corrected chi connectivity index (χ1v) is 8.65. The van der Waals surface area contributed by atoms with Crippen LogP contribution < -0.4 is 21.7 Å². The lowest BCUT2D eigenvalue weighted by Gasteiger charge is -2.17. The third-order valence-corrected chi connectivity index (χ3v) is 3.86. The van der Waals surface area contributed by atoms with Gasteiger partial charge >= 0.3 is 6.01 Å². The number of methoxy groups -OCH3 is 1. The number of hydrogen-bond acceptors (Lipinski definition) is 8. The topological polar surface area (TPSA) is 146 Å². The van der Waals surface area contributed by atoms with E-state index in [1.165, 1.54) is 12.1 Å². The number of pyridine rings is 1. The van der Waals surface area contributed by atoms with Crippen molar-refractivity contribution in [3.05, 3.63) is 48.2 Å². The third kappa shape index (κ3) is 4.59. The second-order valence-electron chi connectivity index (χ2n) is 6.04. The number of carbonyl (C=O) groups excluding carboxylic acids is 1. The van der Waals surface area contributed by atoms with Crippen LogP contribution in [0.5, 0.6) is 6.01 Å². The van der Waals surface area contributed by atoms with E-state index in [-0.39, 0.29) is 31.1 Å². The lowest BCUT2D eigenvalue weighted by atomic mass is 10.3. The van der Waals surface area contributed by atoms with Crippen molar-refractivity contribution in [3.8, 4) is 6.01 Å². The molecule has 29 heavy (non-hydrogen) atoms. The van der Waals surface area contributed by atoms with Gasteiger partial charge < -0.3 is 20.6 Å². The summed E-state index contributed by atoms with van der Waals surface area (Å²) in [6.07, 6.45) is 0. The summed E-state index contributed by atoms with van der Waals surface area (Å²) in [5.41, 5.74) is 2.02. The van der Waals surface area contributed by atoms with E-state index >= 15 is 0 Å². The lowest BCUT2D eigenvalue weighted by molar-refractivity contribution is -0.119. The van der Waals surface area contributed by atoms with Crippen LogP contribution >= 0.6 is 0 Å². The molecule has 1 aromatic carbocycles. The smallest absolute Gasteiger partial charge is 0.304 e. The first kappa shape index (κ1) is 20.0. The van der Waals surface area contributed by atoms with Gasteiger partial charge in [0.25, 0.3) is 5.91 Å². The van der Waals surface area contributed by atoms with Crippen LogP contribution in [-0.4, -0.2) is 52.2 Å². The molecule has 1 amide bonds. The van der Waals surface area contributed by atoms with Crippen molar-refractivity contribution in [2.75, 3.05) is 26.1 Å². The van der Waals surface area contributed by atoms with Gasteiger partial charge in [0.2, 0.25) is 5.96 Å². The number of benzene rings is 1. The van der Waals surface area contributed by atoms with Gasteiger partial charge in [-0.15, -0.1) is 5.10 Å². The highest BCUT2D eigenvalue weighted by Crippen LogP contribution is 2.22. The Morgan fingerprint density at radius 1 is 1.24 bits per heavy atom. The largest absolute Gasteiger partial charge is 0.458 e. The molecule has 0 aliphatic carbocycles. The molecule has 11 nitrogen and oxygen atoms in total. The lowest BCUT2D eigenvalue weighted by Crippen LogP contribution is -2.39. The zero-order valence-corrected chi connectivity index (χ0v) is 16.1. The van der Waals surface area contributed by atoms with Crippen LogP contribution in [0.3, 0.4) is 0 Å². The average molecular weight is 398 g/mol. The number of nitrogens with two attached hydrogens (primary N) is 2. The molecule has 0 radical (unpaired) electrons. The molecule has 3 rings (SSSR count). The van der Waals surface area contributed by atoms with Crippen LogP contribution in [0, 0.1) is 0 Å². The third-order valence-electron chi connectivity index (χ3n) is 3.86. The molecule has 0 saturated heterocycles. The van der Waals surface area contributed by atoms with Crippen LogP contribution in [0.2, 0.25) is 0 Å². The first-order valence-electron chi connectivity index (χ1n) is 8.65. The predicted octanol–water partition coefficient (Wildman–Crippen LogP) is 0.479. The van der Waals surface area contributed by atoms with Crippen molar-refractivity contribution >= 4 is 28.7 Å². The van der Waals surface area contributed by atoms with Crippen LogP contribution in [-0.2, 0) is 16.1 Å². The Balaban J connectivity index is 1.85. The molecule has 11 heteroatoms. The van der Waals surface area contributed by atoms with E-state index in [1.807, 2.05) is 24.3 Å². The SMILES string of the molecule is COCC(=O)Nc1cccc(COc2nc3ccccc3n2/C(=N/N)N(C)N)n1. The maximum absolute atomic E-state index is 11.7. The van der Waals surface area contributed by atoms with Gasteiger partial charge in [0.05, 0.1) is 16.7 Å². The van der Waals surface area contributed by atoms with Gasteiger partial charge in [0.1, 0.15) is 19.0 Å². The Hall–Kier alpha value is -3.70. The molecule has 2 aromatic heterocycles. The van der Waals surface area contributed by atoms with Gasteiger partial charge in [-0.3, -0.25) is 9.80 Å². The van der Waals surface area contributed by atoms with E-state index in [0.29, 0.717) is 17.0 Å². The van der Waals surface area contributed by atoms with Crippen molar-refractivity contribution < 1.29 is 14.3 Å². The van der Waals surface area contributed by atoms with Crippen molar-refractivity contribution in [3.63, 3.8) is 0 Å². The second-order valence-corrected chi connectivity index (χ2v) is 6.04. The van der Waals surface area contributed by atoms with Gasteiger partial charge in [-0.2, -0.15) is 4.98 Å². The standard InChI is InChI=1S/C18H22N8O3/c1-25(20)17(24-19)26-14-8-4-3-7-13(14)22-18(26)29-10-12-6-5-9-15(21-12)23-16(27)11-28-2/h3-9H,10-11,19-20H2,1-2H3,(H,21,23,27)/b24-17+. The zero-order chi connectivity index (χ0) is 20.8. The number of rotatable bonds is 6. The summed E-state index contributed by atoms with van der Waals surface area (Å²) < 4.78 is 12.3. The molecule has 152 valence electrons. The monoisotopic (exact) mass is 398 g/mol. The molecule has 2 heterocycles. The van der Waals surface area contributed by atoms with Crippen molar-refractivity contribution in [1.29, 1.82) is 0 Å². The normalized spacial score (nSPS) is 11.5. The van der Waals surface area contributed by atoms with Gasteiger partial charge in [-0.05, 0) is 24.3 Å². The molecule has 0 saturated carbocycles. The van der Waals surface area contributed by atoms with Gasteiger partial charge in [0.15, 0.2) is 0 Å². The molecule has 3 aromatic rings. The second kappa shape index (κ2) is 8.99. The van der Waals surface area contributed by atoms with Crippen LogP contribution in [0.15, 0.2) is 47.6 Å². The summed E-state index contributed by atoms with van der Waals surface area (Å²) in [5, 5.41) is 7.66. The van der Waals surface area contributed by atoms with Crippen LogP contribution in [0.4, 0.5) is 5.82 Å². The maximum Gasteiger partial charge on any atom is 0.304 e. The number of anilines is 1. The van der Waals surface area contributed by atoms with Gasteiger partial charge in [-0.25, -0.2) is 15.4 Å². The number of nitrogens with one attached hydrogen (secondary N) is 1. The number of hydrazone groups is 1. The maximum atomic E-state index is 11.7. The molecule has 0 bridgehead atoms. The molecule has 0 spiro atoms. The fraction of sp³-hybridized carbons (Fsp3) is 0.222. The molecule has 0 aliphatic rings. The zero-order valence-electron chi connectivity index (χ0n) is 16.1. The van der Waals surface area contributed by atoms with E-state index in [4.69, 9.17) is 21.2 Å². The Labute approximate surface area is 166 Å². The highest BCUT2D eigenvalue weighted by molar-refractivity contribution is 5.93. The summed E-state index contributed by atoms with van der Waals surface area (Å²) in [5.74, 6) is 11.7. The summed E-state index contributed by atoms with van der Waals surface area (Å²) in [6.45, 7) is 0.0453. The van der Waals surface area contributed by atoms with Crippen molar-refractivity contribution in [2.45, 2.75) is 6.61 Å². The van der Waals surface area contributed by atoms with Crippen LogP contribution in [0.1, 0.15) is 5.69 Å². The number of ether oxygens (including phenoxy) is 2. The predicted molar refractivity (Wildman–Crippen MR) is 108 cm³/mol. The number of hydrazine groups is 1. The Bertz CT molecular complexity index is 1030. The fourth-order valence-electron chi connectivity index (χ4n) is 2.68. The summed E-state index contributed by atoms with van der Waals surface area (Å²) in [6, 6.07) is 12.9. The molecular formula is C18H22N8O3. The molecule has 0 atom stereocenters. The molecule has 5 N–H and O–H groups in total. The fourth-order valence-corrected chi connectivity index (χ4v) is 2.68. The summed E-state index contributed by atoms with van der Waals surface area (Å²) >= 11 is 0. The Morgan fingerprint density at radius 2 is 2.03 bits per heavy atom. The molecule has 0 aliphatic heterocycles. The van der Waals surface area contributed by atoms with E-state index in [0.717, 1.165) is 5.52 Å². The number of nitrogens with zero attached hydrogens (tertiary/aromatic N) is 5. The van der Waals surface area contributed by atoms with Crippen molar-refractivity contribution in [1.82, 2.24) is 19.5 Å². The number of carbonyl (C=O) groups is 1. The summed E-state index contributed by atoms with van der Waals surface area (Å²) in [4.78, 5) is 20.5. The van der Waals surface area contributed by atoms with Gasteiger partial charge in [-0.1, -0.05) is 18.2 Å². The minimum Gasteiger partial charge on any atom is -0.458 e.